The van der Waals surface area contributed by atoms with Gasteiger partial charge in [-0.2, -0.15) is 0 Å². The Morgan fingerprint density at radius 2 is 2.00 bits per heavy atom. The van der Waals surface area contributed by atoms with Gasteiger partial charge in [-0.1, -0.05) is 20.8 Å². The Hall–Kier alpha value is -1.84. The van der Waals surface area contributed by atoms with Gasteiger partial charge in [0.15, 0.2) is 11.4 Å². The Kier molecular flexibility index (Phi) is 3.35. The molecule has 2 rings (SSSR count). The van der Waals surface area contributed by atoms with E-state index in [0.29, 0.717) is 24.1 Å². The highest BCUT2D eigenvalue weighted by molar-refractivity contribution is 5.98. The van der Waals surface area contributed by atoms with E-state index in [9.17, 15) is 9.59 Å². The summed E-state index contributed by atoms with van der Waals surface area (Å²) in [6, 6.07) is 5.20. The summed E-state index contributed by atoms with van der Waals surface area (Å²) in [5, 5.41) is 0. The average Bonchev–Trinajstić information content (AvgIpc) is 2.60. The molecule has 0 aliphatic heterocycles. The molecule has 0 amide bonds. The molecular weight excluding hydrogens is 242 g/mol. The van der Waals surface area contributed by atoms with Gasteiger partial charge < -0.3 is 4.42 Å². The van der Waals surface area contributed by atoms with E-state index in [-0.39, 0.29) is 17.0 Å². The molecule has 102 valence electrons. The van der Waals surface area contributed by atoms with Crippen LogP contribution in [-0.4, -0.2) is 10.4 Å². The molecule has 0 fully saturated rings. The van der Waals surface area contributed by atoms with E-state index >= 15 is 0 Å². The molecule has 0 saturated carbocycles. The minimum Gasteiger partial charge on any atom is -0.408 e. The van der Waals surface area contributed by atoms with Crippen LogP contribution in [0.3, 0.4) is 0 Å². The van der Waals surface area contributed by atoms with Gasteiger partial charge in [-0.25, -0.2) is 4.79 Å². The lowest BCUT2D eigenvalue weighted by atomic mass is 9.88. The van der Waals surface area contributed by atoms with Gasteiger partial charge in [-0.3, -0.25) is 9.36 Å². The molecule has 0 spiro atoms. The number of benzene rings is 1. The number of carbonyl (C=O) groups is 1. The van der Waals surface area contributed by atoms with Crippen molar-refractivity contribution in [2.45, 2.75) is 40.7 Å². The molecule has 0 saturated heterocycles. The van der Waals surface area contributed by atoms with Crippen LogP contribution >= 0.6 is 0 Å². The van der Waals surface area contributed by atoms with Crippen molar-refractivity contribution in [3.63, 3.8) is 0 Å². The van der Waals surface area contributed by atoms with Crippen LogP contribution in [0.25, 0.3) is 11.1 Å². The van der Waals surface area contributed by atoms with E-state index in [1.54, 1.807) is 22.8 Å². The maximum Gasteiger partial charge on any atom is 0.419 e. The van der Waals surface area contributed by atoms with Gasteiger partial charge in [0.1, 0.15) is 0 Å². The fourth-order valence-corrected chi connectivity index (χ4v) is 2.12. The summed E-state index contributed by atoms with van der Waals surface area (Å²) in [6.45, 7) is 8.52. The van der Waals surface area contributed by atoms with Crippen LogP contribution in [0.5, 0.6) is 0 Å². The Morgan fingerprint density at radius 3 is 2.58 bits per heavy atom. The second-order valence-electron chi connectivity index (χ2n) is 5.96. The van der Waals surface area contributed by atoms with E-state index in [1.165, 1.54) is 0 Å². The summed E-state index contributed by atoms with van der Waals surface area (Å²) in [6.07, 6.45) is 0.469. The number of oxazole rings is 1. The molecule has 1 aromatic heterocycles. The standard InChI is InChI=1S/C15H19NO3/c1-5-16-11-7-6-10(8-13(11)19-14(16)18)12(17)9-15(2,3)4/h6-8H,5,9H2,1-4H3. The third kappa shape index (κ3) is 2.78. The largest absolute Gasteiger partial charge is 0.419 e. The van der Waals surface area contributed by atoms with Gasteiger partial charge in [-0.15, -0.1) is 0 Å². The highest BCUT2D eigenvalue weighted by Crippen LogP contribution is 2.23. The Labute approximate surface area is 112 Å². The van der Waals surface area contributed by atoms with Gasteiger partial charge in [-0.05, 0) is 30.5 Å². The Bertz CT molecular complexity index is 671. The van der Waals surface area contributed by atoms with Crippen molar-refractivity contribution in [1.29, 1.82) is 0 Å². The van der Waals surface area contributed by atoms with Gasteiger partial charge >= 0.3 is 5.76 Å². The normalized spacial score (nSPS) is 12.0. The number of rotatable bonds is 3. The molecule has 0 atom stereocenters. The van der Waals surface area contributed by atoms with Crippen LogP contribution in [0.1, 0.15) is 44.5 Å². The molecule has 0 bridgehead atoms. The lowest BCUT2D eigenvalue weighted by Crippen LogP contribution is -2.13. The van der Waals surface area contributed by atoms with Crippen LogP contribution in [0.4, 0.5) is 0 Å². The molecule has 0 unspecified atom stereocenters. The molecule has 4 nitrogen and oxygen atoms in total. The maximum absolute atomic E-state index is 12.1. The second-order valence-corrected chi connectivity index (χ2v) is 5.96. The van der Waals surface area contributed by atoms with Gasteiger partial charge in [0, 0.05) is 18.5 Å². The molecule has 0 aliphatic rings. The Balaban J connectivity index is 2.43. The van der Waals surface area contributed by atoms with E-state index < -0.39 is 0 Å². The van der Waals surface area contributed by atoms with Crippen LogP contribution in [0.15, 0.2) is 27.4 Å². The van der Waals surface area contributed by atoms with Crippen molar-refractivity contribution in [1.82, 2.24) is 4.57 Å². The van der Waals surface area contributed by atoms with Crippen molar-refractivity contribution >= 4 is 16.9 Å². The topological polar surface area (TPSA) is 52.2 Å². The van der Waals surface area contributed by atoms with Gasteiger partial charge in [0.05, 0.1) is 5.52 Å². The first-order valence-corrected chi connectivity index (χ1v) is 6.48. The molecule has 19 heavy (non-hydrogen) atoms. The maximum atomic E-state index is 12.1. The van der Waals surface area contributed by atoms with E-state index in [4.69, 9.17) is 4.42 Å². The smallest absolute Gasteiger partial charge is 0.408 e. The second kappa shape index (κ2) is 4.68. The van der Waals surface area contributed by atoms with Crippen molar-refractivity contribution in [2.75, 3.05) is 0 Å². The zero-order valence-corrected chi connectivity index (χ0v) is 11.8. The molecule has 4 heteroatoms. The first-order chi connectivity index (χ1) is 8.81. The Morgan fingerprint density at radius 1 is 1.32 bits per heavy atom. The van der Waals surface area contributed by atoms with E-state index in [2.05, 4.69) is 0 Å². The summed E-state index contributed by atoms with van der Waals surface area (Å²) in [7, 11) is 0. The van der Waals surface area contributed by atoms with Crippen molar-refractivity contribution in [3.8, 4) is 0 Å². The number of aromatic nitrogens is 1. The van der Waals surface area contributed by atoms with Crippen molar-refractivity contribution < 1.29 is 9.21 Å². The first-order valence-electron chi connectivity index (χ1n) is 6.48. The zero-order chi connectivity index (χ0) is 14.2. The quantitative estimate of drug-likeness (QED) is 0.797. The van der Waals surface area contributed by atoms with E-state index in [0.717, 1.165) is 5.52 Å². The molecule has 0 aliphatic carbocycles. The first kappa shape index (κ1) is 13.6. The number of Topliss-reactive ketones (excluding diaryl/α,β-unsaturated/α-hetero) is 1. The molecular formula is C15H19NO3. The molecule has 0 radical (unpaired) electrons. The number of nitrogens with zero attached hydrogens (tertiary/aromatic N) is 1. The SMILES string of the molecule is CCn1c(=O)oc2cc(C(=O)CC(C)(C)C)ccc21. The van der Waals surface area contributed by atoms with Crippen LogP contribution in [0, 0.1) is 5.41 Å². The fourth-order valence-electron chi connectivity index (χ4n) is 2.12. The predicted molar refractivity (Wildman–Crippen MR) is 74.6 cm³/mol. The fraction of sp³-hybridized carbons (Fsp3) is 0.467. The van der Waals surface area contributed by atoms with E-state index in [1.807, 2.05) is 27.7 Å². The third-order valence-electron chi connectivity index (χ3n) is 3.00. The van der Waals surface area contributed by atoms with Crippen molar-refractivity contribution in [3.05, 3.63) is 34.3 Å². The number of hydrogen-bond donors (Lipinski definition) is 0. The number of ketones is 1. The average molecular weight is 261 g/mol. The molecule has 2 aromatic rings. The monoisotopic (exact) mass is 261 g/mol. The number of fused-ring (bicyclic) bond motifs is 1. The number of hydrogen-bond acceptors (Lipinski definition) is 3. The van der Waals surface area contributed by atoms with Crippen LogP contribution in [-0.2, 0) is 6.54 Å². The van der Waals surface area contributed by atoms with Crippen molar-refractivity contribution in [2.24, 2.45) is 5.41 Å². The highest BCUT2D eigenvalue weighted by Gasteiger charge is 2.18. The van der Waals surface area contributed by atoms with Crippen LogP contribution in [0.2, 0.25) is 0 Å². The molecule has 1 heterocycles. The predicted octanol–water partition coefficient (Wildman–Crippen LogP) is 3.23. The molecule has 1 aromatic carbocycles. The lowest BCUT2D eigenvalue weighted by Gasteiger charge is -2.16. The number of aryl methyl sites for hydroxylation is 1. The summed E-state index contributed by atoms with van der Waals surface area (Å²) in [4.78, 5) is 23.7. The van der Waals surface area contributed by atoms with Gasteiger partial charge in [0.25, 0.3) is 0 Å². The highest BCUT2D eigenvalue weighted by atomic mass is 16.4. The summed E-state index contributed by atoms with van der Waals surface area (Å²) < 4.78 is 6.72. The molecule has 0 N–H and O–H groups in total. The van der Waals surface area contributed by atoms with Gasteiger partial charge in [0.2, 0.25) is 0 Å². The third-order valence-corrected chi connectivity index (χ3v) is 3.00. The number of carbonyl (C=O) groups excluding carboxylic acids is 1. The zero-order valence-electron chi connectivity index (χ0n) is 11.8. The summed E-state index contributed by atoms with van der Waals surface area (Å²) >= 11 is 0. The minimum absolute atomic E-state index is 0.0533. The lowest BCUT2D eigenvalue weighted by molar-refractivity contribution is 0.0940. The van der Waals surface area contributed by atoms with Crippen LogP contribution < -0.4 is 5.76 Å². The summed E-state index contributed by atoms with van der Waals surface area (Å²) in [5.74, 6) is -0.306. The minimum atomic E-state index is -0.377. The summed E-state index contributed by atoms with van der Waals surface area (Å²) in [5.41, 5.74) is 1.76.